The average Bonchev–Trinajstić information content (AvgIpc) is 2.63. The summed E-state index contributed by atoms with van der Waals surface area (Å²) in [6.07, 6.45) is 4.91. The number of carbonyl (C=O) groups is 2. The maximum Gasteiger partial charge on any atom is 0.356 e. The molecule has 0 aliphatic heterocycles. The molecule has 1 amide bonds. The zero-order valence-electron chi connectivity index (χ0n) is 13.8. The maximum atomic E-state index is 11.9. The molecule has 0 unspecified atom stereocenters. The Labute approximate surface area is 145 Å². The number of ether oxygens (including phenoxy) is 1. The molecule has 0 fully saturated rings. The zero-order valence-corrected chi connectivity index (χ0v) is 13.8. The Hall–Kier alpha value is -3.22. The van der Waals surface area contributed by atoms with Crippen molar-refractivity contribution in [3.8, 4) is 5.75 Å². The van der Waals surface area contributed by atoms with Crippen molar-refractivity contribution in [1.82, 2.24) is 10.4 Å². The van der Waals surface area contributed by atoms with E-state index >= 15 is 0 Å². The number of hydrogen-bond acceptors (Lipinski definition) is 5. The third-order valence-corrected chi connectivity index (χ3v) is 3.31. The number of aromatic nitrogens is 1. The standard InChI is InChI=1S/C18H19N3O4/c1-2-3-12-25-15-6-4-13(5-7-15)16(18(23)24)20-21-17(22)14-8-10-19-11-9-14/h4-11H,2-3,12H2,1H3,(H,21,22)(H,23,24)/b20-16+. The second kappa shape index (κ2) is 9.17. The summed E-state index contributed by atoms with van der Waals surface area (Å²) in [5.41, 5.74) is 2.69. The van der Waals surface area contributed by atoms with Crippen LogP contribution >= 0.6 is 0 Å². The van der Waals surface area contributed by atoms with Crippen LogP contribution in [0.5, 0.6) is 5.75 Å². The van der Waals surface area contributed by atoms with Crippen molar-refractivity contribution in [2.45, 2.75) is 19.8 Å². The van der Waals surface area contributed by atoms with E-state index in [1.165, 1.54) is 24.5 Å². The average molecular weight is 341 g/mol. The van der Waals surface area contributed by atoms with Crippen LogP contribution < -0.4 is 10.2 Å². The molecule has 0 saturated carbocycles. The van der Waals surface area contributed by atoms with Crippen LogP contribution in [0.3, 0.4) is 0 Å². The topological polar surface area (TPSA) is 101 Å². The first kappa shape index (κ1) is 18.1. The van der Waals surface area contributed by atoms with Crippen LogP contribution in [-0.2, 0) is 4.79 Å². The highest BCUT2D eigenvalue weighted by Crippen LogP contribution is 2.13. The third kappa shape index (κ3) is 5.42. The molecule has 2 aromatic rings. The molecule has 1 aromatic carbocycles. The summed E-state index contributed by atoms with van der Waals surface area (Å²) in [5.74, 6) is -1.10. The van der Waals surface area contributed by atoms with E-state index in [1.54, 1.807) is 24.3 Å². The zero-order chi connectivity index (χ0) is 18.1. The minimum atomic E-state index is -1.24. The van der Waals surface area contributed by atoms with Crippen LogP contribution in [0.25, 0.3) is 0 Å². The van der Waals surface area contributed by atoms with E-state index in [2.05, 4.69) is 22.4 Å². The fourth-order valence-corrected chi connectivity index (χ4v) is 1.95. The van der Waals surface area contributed by atoms with Crippen LogP contribution in [0.1, 0.15) is 35.7 Å². The number of carbonyl (C=O) groups excluding carboxylic acids is 1. The number of nitrogens with zero attached hydrogens (tertiary/aromatic N) is 2. The molecular formula is C18H19N3O4. The number of carboxylic acids is 1. The van der Waals surface area contributed by atoms with Gasteiger partial charge in [0.05, 0.1) is 6.61 Å². The predicted octanol–water partition coefficient (Wildman–Crippen LogP) is 2.48. The summed E-state index contributed by atoms with van der Waals surface area (Å²) in [7, 11) is 0. The molecule has 130 valence electrons. The first-order valence-electron chi connectivity index (χ1n) is 7.86. The summed E-state index contributed by atoms with van der Waals surface area (Å²) in [6.45, 7) is 2.68. The van der Waals surface area contributed by atoms with Crippen molar-refractivity contribution in [2.24, 2.45) is 5.10 Å². The molecule has 1 heterocycles. The SMILES string of the molecule is CCCCOc1ccc(/C(=N\NC(=O)c2ccncc2)C(=O)O)cc1. The van der Waals surface area contributed by atoms with Crippen molar-refractivity contribution in [3.63, 3.8) is 0 Å². The number of hydrogen-bond donors (Lipinski definition) is 2. The Morgan fingerprint density at radius 2 is 1.80 bits per heavy atom. The number of pyridine rings is 1. The van der Waals surface area contributed by atoms with Crippen LogP contribution in [0.2, 0.25) is 0 Å². The van der Waals surface area contributed by atoms with Crippen LogP contribution in [0, 0.1) is 0 Å². The number of benzene rings is 1. The second-order valence-corrected chi connectivity index (χ2v) is 5.17. The van der Waals surface area contributed by atoms with Gasteiger partial charge in [-0.1, -0.05) is 13.3 Å². The first-order valence-corrected chi connectivity index (χ1v) is 7.86. The smallest absolute Gasteiger partial charge is 0.356 e. The van der Waals surface area contributed by atoms with E-state index in [4.69, 9.17) is 4.74 Å². The molecule has 0 radical (unpaired) electrons. The van der Waals surface area contributed by atoms with Crippen LogP contribution in [0.15, 0.2) is 53.9 Å². The van der Waals surface area contributed by atoms with Gasteiger partial charge in [-0.3, -0.25) is 9.78 Å². The maximum absolute atomic E-state index is 11.9. The van der Waals surface area contributed by atoms with Gasteiger partial charge in [0, 0.05) is 23.5 Å². The number of unbranched alkanes of at least 4 members (excludes halogenated alkanes) is 1. The van der Waals surface area contributed by atoms with Gasteiger partial charge in [0.2, 0.25) is 0 Å². The molecule has 2 N–H and O–H groups in total. The summed E-state index contributed by atoms with van der Waals surface area (Å²) >= 11 is 0. The highest BCUT2D eigenvalue weighted by molar-refractivity contribution is 6.42. The molecule has 0 atom stereocenters. The molecule has 25 heavy (non-hydrogen) atoms. The lowest BCUT2D eigenvalue weighted by molar-refractivity contribution is -0.129. The number of rotatable bonds is 8. The van der Waals surface area contributed by atoms with E-state index in [-0.39, 0.29) is 5.71 Å². The van der Waals surface area contributed by atoms with Gasteiger partial charge in [-0.25, -0.2) is 10.2 Å². The molecule has 7 nitrogen and oxygen atoms in total. The van der Waals surface area contributed by atoms with Gasteiger partial charge in [0.25, 0.3) is 5.91 Å². The van der Waals surface area contributed by atoms with Gasteiger partial charge in [-0.2, -0.15) is 5.10 Å². The molecule has 1 aromatic heterocycles. The highest BCUT2D eigenvalue weighted by atomic mass is 16.5. The van der Waals surface area contributed by atoms with Gasteiger partial charge in [0.1, 0.15) is 5.75 Å². The number of hydrazone groups is 1. The Morgan fingerprint density at radius 3 is 2.40 bits per heavy atom. The summed E-state index contributed by atoms with van der Waals surface area (Å²) in [6, 6.07) is 9.55. The van der Waals surface area contributed by atoms with Crippen LogP contribution in [-0.4, -0.2) is 34.3 Å². The molecule has 2 rings (SSSR count). The van der Waals surface area contributed by atoms with Crippen molar-refractivity contribution < 1.29 is 19.4 Å². The molecule has 0 spiro atoms. The molecular weight excluding hydrogens is 322 g/mol. The van der Waals surface area contributed by atoms with Gasteiger partial charge < -0.3 is 9.84 Å². The van der Waals surface area contributed by atoms with Crippen molar-refractivity contribution in [1.29, 1.82) is 0 Å². The van der Waals surface area contributed by atoms with Gasteiger partial charge >= 0.3 is 5.97 Å². The van der Waals surface area contributed by atoms with Gasteiger partial charge in [-0.15, -0.1) is 0 Å². The first-order chi connectivity index (χ1) is 12.1. The number of carboxylic acid groups (broad SMARTS) is 1. The van der Waals surface area contributed by atoms with E-state index in [9.17, 15) is 14.7 Å². The monoisotopic (exact) mass is 341 g/mol. The Bertz CT molecular complexity index is 743. The fourth-order valence-electron chi connectivity index (χ4n) is 1.95. The summed E-state index contributed by atoms with van der Waals surface area (Å²) < 4.78 is 5.53. The van der Waals surface area contributed by atoms with E-state index in [0.717, 1.165) is 12.8 Å². The number of aliphatic carboxylic acids is 1. The second-order valence-electron chi connectivity index (χ2n) is 5.17. The lowest BCUT2D eigenvalue weighted by atomic mass is 10.1. The van der Waals surface area contributed by atoms with E-state index < -0.39 is 11.9 Å². The highest BCUT2D eigenvalue weighted by Gasteiger charge is 2.14. The fraction of sp³-hybridized carbons (Fsp3) is 0.222. The minimum Gasteiger partial charge on any atom is -0.494 e. The normalized spacial score (nSPS) is 11.0. The van der Waals surface area contributed by atoms with E-state index in [1.807, 2.05) is 0 Å². The summed E-state index contributed by atoms with van der Waals surface area (Å²) in [5, 5.41) is 13.1. The summed E-state index contributed by atoms with van der Waals surface area (Å²) in [4.78, 5) is 27.2. The Kier molecular flexibility index (Phi) is 6.65. The Morgan fingerprint density at radius 1 is 1.12 bits per heavy atom. The van der Waals surface area contributed by atoms with Crippen LogP contribution in [0.4, 0.5) is 0 Å². The van der Waals surface area contributed by atoms with E-state index in [0.29, 0.717) is 23.5 Å². The van der Waals surface area contributed by atoms with Crippen molar-refractivity contribution >= 4 is 17.6 Å². The molecule has 0 aliphatic rings. The quantitative estimate of drug-likeness (QED) is 0.436. The molecule has 0 bridgehead atoms. The molecule has 0 saturated heterocycles. The largest absolute Gasteiger partial charge is 0.494 e. The Balaban J connectivity index is 2.09. The third-order valence-electron chi connectivity index (χ3n) is 3.31. The van der Waals surface area contributed by atoms with Gasteiger partial charge in [-0.05, 0) is 42.8 Å². The van der Waals surface area contributed by atoms with Gasteiger partial charge in [0.15, 0.2) is 5.71 Å². The van der Waals surface area contributed by atoms with Crippen molar-refractivity contribution in [3.05, 3.63) is 59.9 Å². The lowest BCUT2D eigenvalue weighted by Crippen LogP contribution is -2.24. The minimum absolute atomic E-state index is 0.262. The number of amides is 1. The number of nitrogens with one attached hydrogen (secondary N) is 1. The lowest BCUT2D eigenvalue weighted by Gasteiger charge is -2.07. The molecule has 0 aliphatic carbocycles. The van der Waals surface area contributed by atoms with Crippen molar-refractivity contribution in [2.75, 3.05) is 6.61 Å². The predicted molar refractivity (Wildman–Crippen MR) is 92.7 cm³/mol. The molecule has 7 heteroatoms.